The van der Waals surface area contributed by atoms with Gasteiger partial charge in [-0.05, 0) is 24.6 Å². The van der Waals surface area contributed by atoms with Gasteiger partial charge in [0.1, 0.15) is 0 Å². The van der Waals surface area contributed by atoms with E-state index in [1.54, 1.807) is 4.90 Å². The van der Waals surface area contributed by atoms with Crippen LogP contribution in [0.1, 0.15) is 22.8 Å². The summed E-state index contributed by atoms with van der Waals surface area (Å²) in [4.78, 5) is 16.4. The molecule has 21 heavy (non-hydrogen) atoms. The van der Waals surface area contributed by atoms with Crippen LogP contribution in [-0.4, -0.2) is 66.8 Å². The number of benzene rings is 1. The van der Waals surface area contributed by atoms with Gasteiger partial charge in [0.2, 0.25) is 0 Å². The average molecular weight is 292 g/mol. The van der Waals surface area contributed by atoms with Crippen LogP contribution in [0.3, 0.4) is 0 Å². The van der Waals surface area contributed by atoms with E-state index in [0.717, 1.165) is 38.4 Å². The molecule has 2 rings (SSSR count). The zero-order chi connectivity index (χ0) is 15.1. The average Bonchev–Trinajstić information content (AvgIpc) is 2.53. The van der Waals surface area contributed by atoms with Crippen LogP contribution in [0.25, 0.3) is 0 Å². The van der Waals surface area contributed by atoms with Crippen LogP contribution in [0.5, 0.6) is 0 Å². The maximum atomic E-state index is 12.4. The Morgan fingerprint density at radius 2 is 2.14 bits per heavy atom. The van der Waals surface area contributed by atoms with Crippen molar-refractivity contribution in [1.82, 2.24) is 9.80 Å². The molecular weight excluding hydrogens is 268 g/mol. The van der Waals surface area contributed by atoms with Gasteiger partial charge in [0, 0.05) is 38.3 Å². The minimum atomic E-state index is -0.0182. The van der Waals surface area contributed by atoms with Crippen LogP contribution in [0.2, 0.25) is 0 Å². The third-order valence-corrected chi connectivity index (χ3v) is 3.72. The Morgan fingerprint density at radius 1 is 1.38 bits per heavy atom. The maximum absolute atomic E-state index is 12.4. The molecule has 0 aliphatic carbocycles. The largest absolute Gasteiger partial charge is 0.395 e. The van der Waals surface area contributed by atoms with Crippen molar-refractivity contribution in [2.24, 2.45) is 0 Å². The van der Waals surface area contributed by atoms with Gasteiger partial charge in [-0.2, -0.15) is 0 Å². The lowest BCUT2D eigenvalue weighted by Crippen LogP contribution is -2.36. The lowest BCUT2D eigenvalue weighted by molar-refractivity contribution is 0.0341. The van der Waals surface area contributed by atoms with Gasteiger partial charge < -0.3 is 14.7 Å². The molecule has 1 saturated heterocycles. The first kappa shape index (κ1) is 15.9. The monoisotopic (exact) mass is 292 g/mol. The van der Waals surface area contributed by atoms with Gasteiger partial charge >= 0.3 is 0 Å². The van der Waals surface area contributed by atoms with E-state index in [2.05, 4.69) is 11.0 Å². The summed E-state index contributed by atoms with van der Waals surface area (Å²) in [6.07, 6.45) is 0. The SMILES string of the molecule is CCN(CCO)C(=O)c1cccc(CN2CCOCC2)c1. The topological polar surface area (TPSA) is 53.0 Å². The normalized spacial score (nSPS) is 15.9. The summed E-state index contributed by atoms with van der Waals surface area (Å²) in [6, 6.07) is 7.77. The van der Waals surface area contributed by atoms with Gasteiger partial charge in [-0.3, -0.25) is 9.69 Å². The molecule has 1 aliphatic heterocycles. The molecule has 1 heterocycles. The molecular formula is C16H24N2O3. The Morgan fingerprint density at radius 3 is 2.81 bits per heavy atom. The molecule has 0 atom stereocenters. The highest BCUT2D eigenvalue weighted by Crippen LogP contribution is 2.12. The third kappa shape index (κ3) is 4.52. The van der Waals surface area contributed by atoms with Crippen molar-refractivity contribution >= 4 is 5.91 Å². The van der Waals surface area contributed by atoms with Crippen LogP contribution >= 0.6 is 0 Å². The Bertz CT molecular complexity index is 459. The van der Waals surface area contributed by atoms with Crippen molar-refractivity contribution in [3.63, 3.8) is 0 Å². The molecule has 1 aromatic carbocycles. The zero-order valence-electron chi connectivity index (χ0n) is 12.6. The van der Waals surface area contributed by atoms with Gasteiger partial charge in [-0.25, -0.2) is 0 Å². The highest BCUT2D eigenvalue weighted by Gasteiger charge is 2.15. The Labute approximate surface area is 126 Å². The lowest BCUT2D eigenvalue weighted by Gasteiger charge is -2.26. The molecule has 0 unspecified atom stereocenters. The maximum Gasteiger partial charge on any atom is 0.253 e. The van der Waals surface area contributed by atoms with Gasteiger partial charge in [0.15, 0.2) is 0 Å². The molecule has 1 N–H and O–H groups in total. The third-order valence-electron chi connectivity index (χ3n) is 3.72. The van der Waals surface area contributed by atoms with E-state index in [-0.39, 0.29) is 12.5 Å². The second-order valence-electron chi connectivity index (χ2n) is 5.20. The Hall–Kier alpha value is -1.43. The van der Waals surface area contributed by atoms with Crippen molar-refractivity contribution < 1.29 is 14.6 Å². The highest BCUT2D eigenvalue weighted by molar-refractivity contribution is 5.94. The number of aliphatic hydroxyl groups is 1. The summed E-state index contributed by atoms with van der Waals surface area (Å²) < 4.78 is 5.35. The Kier molecular flexibility index (Phi) is 6.17. The van der Waals surface area contributed by atoms with Gasteiger partial charge in [0.25, 0.3) is 5.91 Å². The number of aliphatic hydroxyl groups excluding tert-OH is 1. The molecule has 1 amide bonds. The summed E-state index contributed by atoms with van der Waals surface area (Å²) in [6.45, 7) is 7.16. The second kappa shape index (κ2) is 8.12. The molecule has 5 nitrogen and oxygen atoms in total. The summed E-state index contributed by atoms with van der Waals surface area (Å²) in [5.41, 5.74) is 1.83. The van der Waals surface area contributed by atoms with Crippen LogP contribution < -0.4 is 0 Å². The number of rotatable bonds is 6. The summed E-state index contributed by atoms with van der Waals surface area (Å²) in [7, 11) is 0. The molecule has 116 valence electrons. The number of nitrogens with zero attached hydrogens (tertiary/aromatic N) is 2. The number of carbonyl (C=O) groups excluding carboxylic acids is 1. The predicted molar refractivity (Wildman–Crippen MR) is 81.2 cm³/mol. The van der Waals surface area contributed by atoms with Crippen molar-refractivity contribution in [1.29, 1.82) is 0 Å². The van der Waals surface area contributed by atoms with Crippen LogP contribution in [0.15, 0.2) is 24.3 Å². The number of carbonyl (C=O) groups is 1. The summed E-state index contributed by atoms with van der Waals surface area (Å²) in [5.74, 6) is -0.0182. The Balaban J connectivity index is 2.03. The quantitative estimate of drug-likeness (QED) is 0.849. The van der Waals surface area contributed by atoms with E-state index in [0.29, 0.717) is 18.7 Å². The number of hydrogen-bond acceptors (Lipinski definition) is 4. The lowest BCUT2D eigenvalue weighted by atomic mass is 10.1. The second-order valence-corrected chi connectivity index (χ2v) is 5.20. The number of hydrogen-bond donors (Lipinski definition) is 1. The first-order chi connectivity index (χ1) is 10.2. The molecule has 1 aliphatic rings. The number of ether oxygens (including phenoxy) is 1. The fraction of sp³-hybridized carbons (Fsp3) is 0.562. The minimum Gasteiger partial charge on any atom is -0.395 e. The molecule has 1 fully saturated rings. The van der Waals surface area contributed by atoms with Crippen molar-refractivity contribution in [3.8, 4) is 0 Å². The van der Waals surface area contributed by atoms with E-state index in [9.17, 15) is 4.79 Å². The predicted octanol–water partition coefficient (Wildman–Crippen LogP) is 0.973. The van der Waals surface area contributed by atoms with Gasteiger partial charge in [0.05, 0.1) is 19.8 Å². The van der Waals surface area contributed by atoms with E-state index < -0.39 is 0 Å². The van der Waals surface area contributed by atoms with E-state index in [4.69, 9.17) is 9.84 Å². The smallest absolute Gasteiger partial charge is 0.253 e. The van der Waals surface area contributed by atoms with Crippen molar-refractivity contribution in [2.45, 2.75) is 13.5 Å². The van der Waals surface area contributed by atoms with E-state index >= 15 is 0 Å². The van der Waals surface area contributed by atoms with Gasteiger partial charge in [-0.1, -0.05) is 12.1 Å². The van der Waals surface area contributed by atoms with Crippen molar-refractivity contribution in [3.05, 3.63) is 35.4 Å². The summed E-state index contributed by atoms with van der Waals surface area (Å²) >= 11 is 0. The molecule has 0 bridgehead atoms. The van der Waals surface area contributed by atoms with E-state index in [1.165, 1.54) is 0 Å². The zero-order valence-corrected chi connectivity index (χ0v) is 12.6. The van der Waals surface area contributed by atoms with Crippen molar-refractivity contribution in [2.75, 3.05) is 46.0 Å². The molecule has 0 saturated carbocycles. The molecule has 0 radical (unpaired) electrons. The summed E-state index contributed by atoms with van der Waals surface area (Å²) in [5, 5.41) is 9.02. The number of amides is 1. The van der Waals surface area contributed by atoms with Crippen LogP contribution in [-0.2, 0) is 11.3 Å². The van der Waals surface area contributed by atoms with Crippen LogP contribution in [0.4, 0.5) is 0 Å². The highest BCUT2D eigenvalue weighted by atomic mass is 16.5. The molecule has 0 spiro atoms. The fourth-order valence-corrected chi connectivity index (χ4v) is 2.53. The standard InChI is InChI=1S/C16H24N2O3/c1-2-18(6-9-19)16(20)15-5-3-4-14(12-15)13-17-7-10-21-11-8-17/h3-5,12,19H,2,6-11,13H2,1H3. The van der Waals surface area contributed by atoms with E-state index in [1.807, 2.05) is 25.1 Å². The number of morpholine rings is 1. The minimum absolute atomic E-state index is 0.00690. The molecule has 5 heteroatoms. The molecule has 1 aromatic rings. The van der Waals surface area contributed by atoms with Crippen LogP contribution in [0, 0.1) is 0 Å². The first-order valence-corrected chi connectivity index (χ1v) is 7.53. The van der Waals surface area contributed by atoms with Gasteiger partial charge in [-0.15, -0.1) is 0 Å². The number of likely N-dealkylation sites (N-methyl/N-ethyl adjacent to an activating group) is 1. The fourth-order valence-electron chi connectivity index (χ4n) is 2.53. The molecule has 0 aromatic heterocycles. The first-order valence-electron chi connectivity index (χ1n) is 7.53.